The van der Waals surface area contributed by atoms with E-state index in [2.05, 4.69) is 16.0 Å². The number of para-hydroxylation sites is 1. The van der Waals surface area contributed by atoms with E-state index >= 15 is 0 Å². The van der Waals surface area contributed by atoms with Crippen LogP contribution in [0.15, 0.2) is 29.2 Å². The monoisotopic (exact) mass is 338 g/mol. The fourth-order valence-corrected chi connectivity index (χ4v) is 2.41. The number of hydrogen-bond donors (Lipinski definition) is 3. The highest BCUT2D eigenvalue weighted by molar-refractivity contribution is 7.98. The molecule has 1 aromatic rings. The van der Waals surface area contributed by atoms with Gasteiger partial charge in [0.2, 0.25) is 11.8 Å². The minimum Gasteiger partial charge on any atom is -0.338 e. The molecule has 3 N–H and O–H groups in total. The summed E-state index contributed by atoms with van der Waals surface area (Å²) in [6.07, 6.45) is 1.93. The Morgan fingerprint density at radius 2 is 1.78 bits per heavy atom. The third kappa shape index (κ3) is 7.16. The first-order valence-electron chi connectivity index (χ1n) is 7.15. The van der Waals surface area contributed by atoms with Gasteiger partial charge in [0, 0.05) is 11.4 Å². The second-order valence-corrected chi connectivity index (χ2v) is 5.68. The number of nitrogens with zero attached hydrogens (tertiary/aromatic N) is 1. The van der Waals surface area contributed by atoms with Crippen molar-refractivity contribution in [1.29, 1.82) is 0 Å². The SMILES string of the molecule is CCNC(=O)NC(=O)CN(C)CC(=O)Nc1ccccc1SC. The van der Waals surface area contributed by atoms with Crippen molar-refractivity contribution in [3.05, 3.63) is 24.3 Å². The number of anilines is 1. The highest BCUT2D eigenvalue weighted by Gasteiger charge is 2.13. The molecular formula is C15H22N4O3S. The molecule has 1 rings (SSSR count). The molecule has 126 valence electrons. The van der Waals surface area contributed by atoms with E-state index < -0.39 is 11.9 Å². The van der Waals surface area contributed by atoms with E-state index in [1.54, 1.807) is 25.7 Å². The number of urea groups is 1. The van der Waals surface area contributed by atoms with Gasteiger partial charge in [-0.15, -0.1) is 11.8 Å². The summed E-state index contributed by atoms with van der Waals surface area (Å²) in [7, 11) is 1.64. The topological polar surface area (TPSA) is 90.5 Å². The maximum Gasteiger partial charge on any atom is 0.321 e. The summed E-state index contributed by atoms with van der Waals surface area (Å²) in [6, 6.07) is 6.96. The van der Waals surface area contributed by atoms with Crippen LogP contribution in [0.5, 0.6) is 0 Å². The third-order valence-electron chi connectivity index (χ3n) is 2.80. The van der Waals surface area contributed by atoms with Crippen LogP contribution in [0.4, 0.5) is 10.5 Å². The van der Waals surface area contributed by atoms with Crippen molar-refractivity contribution in [2.24, 2.45) is 0 Å². The van der Waals surface area contributed by atoms with E-state index in [1.165, 1.54) is 4.90 Å². The lowest BCUT2D eigenvalue weighted by Crippen LogP contribution is -2.44. The third-order valence-corrected chi connectivity index (χ3v) is 3.59. The number of rotatable bonds is 7. The standard InChI is InChI=1S/C15H22N4O3S/c1-4-16-15(22)18-14(21)10-19(2)9-13(20)17-11-7-5-6-8-12(11)23-3/h5-8H,4,9-10H2,1-3H3,(H,17,20)(H2,16,18,21,22). The number of thioether (sulfide) groups is 1. The lowest BCUT2D eigenvalue weighted by Gasteiger charge is -2.16. The Labute approximate surface area is 140 Å². The molecule has 0 aliphatic rings. The smallest absolute Gasteiger partial charge is 0.321 e. The van der Waals surface area contributed by atoms with Gasteiger partial charge in [-0.3, -0.25) is 19.8 Å². The maximum atomic E-state index is 12.0. The van der Waals surface area contributed by atoms with Crippen molar-refractivity contribution in [1.82, 2.24) is 15.5 Å². The molecule has 7 nitrogen and oxygen atoms in total. The van der Waals surface area contributed by atoms with Crippen LogP contribution in [0.25, 0.3) is 0 Å². The fourth-order valence-electron chi connectivity index (χ4n) is 1.85. The van der Waals surface area contributed by atoms with Crippen LogP contribution in [0.1, 0.15) is 6.92 Å². The van der Waals surface area contributed by atoms with Gasteiger partial charge in [0.25, 0.3) is 0 Å². The molecule has 4 amide bonds. The van der Waals surface area contributed by atoms with Gasteiger partial charge >= 0.3 is 6.03 Å². The molecule has 0 heterocycles. The molecule has 0 aliphatic heterocycles. The Morgan fingerprint density at radius 1 is 1.13 bits per heavy atom. The molecule has 0 aliphatic carbocycles. The van der Waals surface area contributed by atoms with E-state index in [4.69, 9.17) is 0 Å². The second kappa shape index (κ2) is 9.86. The first-order valence-corrected chi connectivity index (χ1v) is 8.37. The molecule has 0 saturated carbocycles. The number of imide groups is 1. The van der Waals surface area contributed by atoms with Crippen LogP contribution in [-0.4, -0.2) is 55.7 Å². The Bertz CT molecular complexity index is 565. The summed E-state index contributed by atoms with van der Waals surface area (Å²) in [5.74, 6) is -0.685. The molecule has 0 saturated heterocycles. The summed E-state index contributed by atoms with van der Waals surface area (Å²) in [6.45, 7) is 2.19. The van der Waals surface area contributed by atoms with Gasteiger partial charge in [-0.2, -0.15) is 0 Å². The Hall–Kier alpha value is -2.06. The zero-order valence-electron chi connectivity index (χ0n) is 13.5. The molecular weight excluding hydrogens is 316 g/mol. The largest absolute Gasteiger partial charge is 0.338 e. The van der Waals surface area contributed by atoms with Gasteiger partial charge in [0.1, 0.15) is 0 Å². The Kier molecular flexibility index (Phi) is 8.14. The maximum absolute atomic E-state index is 12.0. The predicted molar refractivity (Wildman–Crippen MR) is 91.6 cm³/mol. The van der Waals surface area contributed by atoms with Gasteiger partial charge in [-0.1, -0.05) is 12.1 Å². The Balaban J connectivity index is 2.44. The highest BCUT2D eigenvalue weighted by Crippen LogP contribution is 2.24. The van der Waals surface area contributed by atoms with Gasteiger partial charge < -0.3 is 10.6 Å². The number of benzene rings is 1. The normalized spacial score (nSPS) is 10.3. The molecule has 1 aromatic carbocycles. The number of carbonyl (C=O) groups excluding carboxylic acids is 3. The first-order chi connectivity index (χ1) is 11.0. The lowest BCUT2D eigenvalue weighted by molar-refractivity contribution is -0.122. The van der Waals surface area contributed by atoms with E-state index in [9.17, 15) is 14.4 Å². The molecule has 0 aromatic heterocycles. The molecule has 0 radical (unpaired) electrons. The minimum atomic E-state index is -0.538. The number of nitrogens with one attached hydrogen (secondary N) is 3. The van der Waals surface area contributed by atoms with Crippen LogP contribution in [0.2, 0.25) is 0 Å². The second-order valence-electron chi connectivity index (χ2n) is 4.83. The predicted octanol–water partition coefficient (Wildman–Crippen LogP) is 1.12. The van der Waals surface area contributed by atoms with E-state index in [0.29, 0.717) is 6.54 Å². The number of hydrogen-bond acceptors (Lipinski definition) is 5. The average Bonchev–Trinajstić information content (AvgIpc) is 2.47. The van der Waals surface area contributed by atoms with Gasteiger partial charge in [0.15, 0.2) is 0 Å². The highest BCUT2D eigenvalue weighted by atomic mass is 32.2. The first kappa shape index (κ1) is 19.0. The summed E-state index contributed by atoms with van der Waals surface area (Å²) in [5, 5.41) is 7.47. The zero-order valence-corrected chi connectivity index (χ0v) is 14.3. The van der Waals surface area contributed by atoms with Crippen molar-refractivity contribution in [3.8, 4) is 0 Å². The number of likely N-dealkylation sites (N-methyl/N-ethyl adjacent to an activating group) is 1. The quantitative estimate of drug-likeness (QED) is 0.648. The number of carbonyl (C=O) groups is 3. The van der Waals surface area contributed by atoms with Gasteiger partial charge in [-0.25, -0.2) is 4.79 Å². The van der Waals surface area contributed by atoms with E-state index in [0.717, 1.165) is 10.6 Å². The summed E-state index contributed by atoms with van der Waals surface area (Å²) in [4.78, 5) is 37.4. The van der Waals surface area contributed by atoms with Crippen molar-refractivity contribution < 1.29 is 14.4 Å². The van der Waals surface area contributed by atoms with E-state index in [-0.39, 0.29) is 19.0 Å². The van der Waals surface area contributed by atoms with Gasteiger partial charge in [0.05, 0.1) is 18.8 Å². The van der Waals surface area contributed by atoms with E-state index in [1.807, 2.05) is 30.5 Å². The van der Waals surface area contributed by atoms with Crippen molar-refractivity contribution >= 4 is 35.3 Å². The zero-order chi connectivity index (χ0) is 17.2. The molecule has 0 unspecified atom stereocenters. The van der Waals surface area contributed by atoms with Crippen molar-refractivity contribution in [3.63, 3.8) is 0 Å². The molecule has 8 heteroatoms. The summed E-state index contributed by atoms with van der Waals surface area (Å²) in [5.41, 5.74) is 0.741. The van der Waals surface area contributed by atoms with Crippen LogP contribution >= 0.6 is 11.8 Å². The number of amides is 4. The van der Waals surface area contributed by atoms with Crippen molar-refractivity contribution in [2.75, 3.05) is 38.3 Å². The fraction of sp³-hybridized carbons (Fsp3) is 0.400. The van der Waals surface area contributed by atoms with Crippen LogP contribution < -0.4 is 16.0 Å². The molecule has 0 atom stereocenters. The summed E-state index contributed by atoms with van der Waals surface area (Å²) >= 11 is 1.54. The average molecular weight is 338 g/mol. The van der Waals surface area contributed by atoms with Crippen LogP contribution in [0, 0.1) is 0 Å². The van der Waals surface area contributed by atoms with Gasteiger partial charge in [-0.05, 0) is 32.4 Å². The Morgan fingerprint density at radius 3 is 2.43 bits per heavy atom. The van der Waals surface area contributed by atoms with Crippen molar-refractivity contribution in [2.45, 2.75) is 11.8 Å². The molecule has 0 spiro atoms. The minimum absolute atomic E-state index is 0.0469. The lowest BCUT2D eigenvalue weighted by atomic mass is 10.3. The molecule has 0 fully saturated rings. The molecule has 0 bridgehead atoms. The van der Waals surface area contributed by atoms with Crippen LogP contribution in [-0.2, 0) is 9.59 Å². The molecule has 23 heavy (non-hydrogen) atoms. The van der Waals surface area contributed by atoms with Crippen LogP contribution in [0.3, 0.4) is 0 Å². The summed E-state index contributed by atoms with van der Waals surface area (Å²) < 4.78 is 0.